The third-order valence-corrected chi connectivity index (χ3v) is 5.16. The first-order chi connectivity index (χ1) is 12.7. The number of aromatic nitrogens is 2. The van der Waals surface area contributed by atoms with Gasteiger partial charge in [0.25, 0.3) is 5.91 Å². The molecule has 1 aromatic heterocycles. The van der Waals surface area contributed by atoms with Gasteiger partial charge in [-0.15, -0.1) is 0 Å². The zero-order valence-corrected chi connectivity index (χ0v) is 14.5. The van der Waals surface area contributed by atoms with E-state index in [1.54, 1.807) is 18.5 Å². The van der Waals surface area contributed by atoms with E-state index >= 15 is 0 Å². The van der Waals surface area contributed by atoms with E-state index < -0.39 is 5.54 Å². The highest BCUT2D eigenvalue weighted by molar-refractivity contribution is 6.07. The van der Waals surface area contributed by atoms with Gasteiger partial charge in [0.2, 0.25) is 5.95 Å². The fourth-order valence-corrected chi connectivity index (χ4v) is 3.65. The van der Waals surface area contributed by atoms with Gasteiger partial charge in [0.1, 0.15) is 5.54 Å². The lowest BCUT2D eigenvalue weighted by Crippen LogP contribution is -2.55. The van der Waals surface area contributed by atoms with E-state index in [1.807, 2.05) is 30.3 Å². The van der Waals surface area contributed by atoms with Crippen molar-refractivity contribution in [3.05, 3.63) is 54.4 Å². The lowest BCUT2D eigenvalue weighted by molar-refractivity contribution is -0.132. The summed E-state index contributed by atoms with van der Waals surface area (Å²) in [5.41, 5.74) is 0.337. The second kappa shape index (κ2) is 6.74. The molecule has 0 radical (unpaired) electrons. The number of amides is 3. The molecule has 134 valence electrons. The quantitative estimate of drug-likeness (QED) is 0.847. The van der Waals surface area contributed by atoms with Crippen LogP contribution in [0.5, 0.6) is 0 Å². The smallest absolute Gasteiger partial charge is 0.325 e. The lowest BCUT2D eigenvalue weighted by Gasteiger charge is -2.37. The standard InChI is InChI=1S/C19H21N5O2/c25-16-19(8-13-23(14-9-19)17-20-10-4-11-21-17)22-18(26)24(16)12-7-15-5-2-1-3-6-15/h1-6,10-11H,7-9,12-14H2,(H,22,26). The number of carbonyl (C=O) groups excluding carboxylic acids is 2. The zero-order chi connectivity index (χ0) is 18.0. The van der Waals surface area contributed by atoms with Crippen molar-refractivity contribution in [1.82, 2.24) is 20.2 Å². The van der Waals surface area contributed by atoms with Crippen molar-refractivity contribution in [1.29, 1.82) is 0 Å². The number of carbonyl (C=O) groups is 2. The molecule has 3 heterocycles. The van der Waals surface area contributed by atoms with E-state index in [-0.39, 0.29) is 11.9 Å². The normalized spacial score (nSPS) is 19.1. The second-order valence-corrected chi connectivity index (χ2v) is 6.74. The van der Waals surface area contributed by atoms with Crippen LogP contribution in [0.25, 0.3) is 0 Å². The Morgan fingerprint density at radius 2 is 1.69 bits per heavy atom. The van der Waals surface area contributed by atoms with Crippen molar-refractivity contribution in [2.45, 2.75) is 24.8 Å². The second-order valence-electron chi connectivity index (χ2n) is 6.74. The molecule has 1 N–H and O–H groups in total. The third-order valence-electron chi connectivity index (χ3n) is 5.16. The monoisotopic (exact) mass is 351 g/mol. The Kier molecular flexibility index (Phi) is 4.28. The molecular weight excluding hydrogens is 330 g/mol. The Morgan fingerprint density at radius 1 is 1.00 bits per heavy atom. The molecule has 7 heteroatoms. The van der Waals surface area contributed by atoms with Crippen molar-refractivity contribution in [2.75, 3.05) is 24.5 Å². The molecule has 2 aromatic rings. The number of rotatable bonds is 4. The van der Waals surface area contributed by atoms with Gasteiger partial charge in [-0.2, -0.15) is 0 Å². The summed E-state index contributed by atoms with van der Waals surface area (Å²) in [5.74, 6) is 0.562. The third kappa shape index (κ3) is 3.00. The molecule has 0 saturated carbocycles. The number of benzene rings is 1. The van der Waals surface area contributed by atoms with Crippen LogP contribution in [-0.2, 0) is 11.2 Å². The molecule has 0 aliphatic carbocycles. The van der Waals surface area contributed by atoms with Gasteiger partial charge in [0.15, 0.2) is 0 Å². The van der Waals surface area contributed by atoms with Crippen LogP contribution in [0.15, 0.2) is 48.8 Å². The van der Waals surface area contributed by atoms with Crippen LogP contribution in [0.1, 0.15) is 18.4 Å². The largest absolute Gasteiger partial charge is 0.341 e. The zero-order valence-electron chi connectivity index (χ0n) is 14.5. The van der Waals surface area contributed by atoms with Gasteiger partial charge in [-0.1, -0.05) is 30.3 Å². The highest BCUT2D eigenvalue weighted by atomic mass is 16.2. The number of hydrogen-bond donors (Lipinski definition) is 1. The van der Waals surface area contributed by atoms with Gasteiger partial charge >= 0.3 is 6.03 Å². The number of imide groups is 1. The Labute approximate surface area is 152 Å². The number of anilines is 1. The molecule has 2 saturated heterocycles. The number of nitrogens with one attached hydrogen (secondary N) is 1. The van der Waals surface area contributed by atoms with Crippen molar-refractivity contribution in [3.63, 3.8) is 0 Å². The number of piperidine rings is 1. The molecule has 2 fully saturated rings. The molecule has 2 aliphatic rings. The predicted molar refractivity (Wildman–Crippen MR) is 96.6 cm³/mol. The maximum absolute atomic E-state index is 13.0. The van der Waals surface area contributed by atoms with Gasteiger partial charge < -0.3 is 10.2 Å². The first kappa shape index (κ1) is 16.5. The first-order valence-corrected chi connectivity index (χ1v) is 8.88. The van der Waals surface area contributed by atoms with E-state index in [0.29, 0.717) is 44.8 Å². The fraction of sp³-hybridized carbons (Fsp3) is 0.368. The molecular formula is C19H21N5O2. The maximum atomic E-state index is 13.0. The molecule has 1 aromatic carbocycles. The minimum atomic E-state index is -0.779. The SMILES string of the molecule is O=C1NC2(CCN(c3ncccn3)CC2)C(=O)N1CCc1ccccc1. The van der Waals surface area contributed by atoms with Crippen LogP contribution in [-0.4, -0.2) is 52.0 Å². The van der Waals surface area contributed by atoms with Crippen LogP contribution >= 0.6 is 0 Å². The predicted octanol–water partition coefficient (Wildman–Crippen LogP) is 1.61. The summed E-state index contributed by atoms with van der Waals surface area (Å²) in [6, 6.07) is 11.4. The molecule has 3 amide bonds. The Balaban J connectivity index is 1.41. The molecule has 4 rings (SSSR count). The number of hydrogen-bond acceptors (Lipinski definition) is 5. The van der Waals surface area contributed by atoms with E-state index in [2.05, 4.69) is 20.2 Å². The van der Waals surface area contributed by atoms with Crippen molar-refractivity contribution < 1.29 is 9.59 Å². The van der Waals surface area contributed by atoms with E-state index in [4.69, 9.17) is 0 Å². The molecule has 0 bridgehead atoms. The highest BCUT2D eigenvalue weighted by Gasteiger charge is 2.52. The van der Waals surface area contributed by atoms with Crippen LogP contribution < -0.4 is 10.2 Å². The summed E-state index contributed by atoms with van der Waals surface area (Å²) >= 11 is 0. The minimum Gasteiger partial charge on any atom is -0.341 e. The van der Waals surface area contributed by atoms with Gasteiger partial charge in [-0.25, -0.2) is 14.8 Å². The summed E-state index contributed by atoms with van der Waals surface area (Å²) in [4.78, 5) is 37.3. The van der Waals surface area contributed by atoms with E-state index in [0.717, 1.165) is 5.56 Å². The topological polar surface area (TPSA) is 78.4 Å². The molecule has 2 aliphatic heterocycles. The first-order valence-electron chi connectivity index (χ1n) is 8.88. The molecule has 1 spiro atoms. The Bertz CT molecular complexity index is 788. The Hall–Kier alpha value is -2.96. The van der Waals surface area contributed by atoms with Crippen molar-refractivity contribution >= 4 is 17.9 Å². The van der Waals surface area contributed by atoms with Gasteiger partial charge in [0.05, 0.1) is 0 Å². The van der Waals surface area contributed by atoms with Crippen LogP contribution in [0.3, 0.4) is 0 Å². The number of urea groups is 1. The van der Waals surface area contributed by atoms with Crippen LogP contribution in [0.2, 0.25) is 0 Å². The lowest BCUT2D eigenvalue weighted by atomic mass is 9.87. The summed E-state index contributed by atoms with van der Waals surface area (Å²) < 4.78 is 0. The fourth-order valence-electron chi connectivity index (χ4n) is 3.65. The van der Waals surface area contributed by atoms with Crippen LogP contribution in [0.4, 0.5) is 10.7 Å². The van der Waals surface area contributed by atoms with Gasteiger partial charge in [0, 0.05) is 32.0 Å². The van der Waals surface area contributed by atoms with Gasteiger partial charge in [-0.3, -0.25) is 9.69 Å². The summed E-state index contributed by atoms with van der Waals surface area (Å²) in [6.07, 6.45) is 5.22. The molecule has 7 nitrogen and oxygen atoms in total. The maximum Gasteiger partial charge on any atom is 0.325 e. The molecule has 0 atom stereocenters. The summed E-state index contributed by atoms with van der Waals surface area (Å²) in [7, 11) is 0. The molecule has 0 unspecified atom stereocenters. The van der Waals surface area contributed by atoms with Crippen molar-refractivity contribution in [2.24, 2.45) is 0 Å². The van der Waals surface area contributed by atoms with Crippen molar-refractivity contribution in [3.8, 4) is 0 Å². The highest BCUT2D eigenvalue weighted by Crippen LogP contribution is 2.30. The summed E-state index contributed by atoms with van der Waals surface area (Å²) in [5, 5.41) is 2.95. The average Bonchev–Trinajstić information content (AvgIpc) is 2.92. The van der Waals surface area contributed by atoms with E-state index in [1.165, 1.54) is 4.90 Å². The van der Waals surface area contributed by atoms with Gasteiger partial charge in [-0.05, 0) is 30.9 Å². The Morgan fingerprint density at radius 3 is 2.38 bits per heavy atom. The average molecular weight is 351 g/mol. The minimum absolute atomic E-state index is 0.105. The molecule has 26 heavy (non-hydrogen) atoms. The van der Waals surface area contributed by atoms with E-state index in [9.17, 15) is 9.59 Å². The number of nitrogens with zero attached hydrogens (tertiary/aromatic N) is 4. The van der Waals surface area contributed by atoms with Crippen LogP contribution in [0, 0.1) is 0 Å². The summed E-state index contributed by atoms with van der Waals surface area (Å²) in [6.45, 7) is 1.69.